The van der Waals surface area contributed by atoms with Crippen LogP contribution in [0.1, 0.15) is 38.1 Å². The summed E-state index contributed by atoms with van der Waals surface area (Å²) in [6, 6.07) is 7.07. The number of amides is 2. The number of aromatic nitrogens is 6. The van der Waals surface area contributed by atoms with Crippen LogP contribution in [0.5, 0.6) is 0 Å². The third kappa shape index (κ3) is 4.55. The number of aryl methyl sites for hydroxylation is 3. The Hall–Kier alpha value is -4.15. The molecule has 0 saturated carbocycles. The van der Waals surface area contributed by atoms with Crippen LogP contribution < -0.4 is 10.6 Å². The molecular formula is C20H22N8O3. The largest absolute Gasteiger partial charge is 0.467 e. The van der Waals surface area contributed by atoms with E-state index in [9.17, 15) is 9.59 Å². The molecular weight excluding hydrogens is 400 g/mol. The summed E-state index contributed by atoms with van der Waals surface area (Å²) in [7, 11) is 1.67. The van der Waals surface area contributed by atoms with E-state index in [-0.39, 0.29) is 23.6 Å². The van der Waals surface area contributed by atoms with Crippen molar-refractivity contribution in [2.24, 2.45) is 7.05 Å². The molecule has 2 amide bonds. The second-order valence-corrected chi connectivity index (χ2v) is 7.09. The predicted molar refractivity (Wildman–Crippen MR) is 110 cm³/mol. The van der Waals surface area contributed by atoms with Crippen LogP contribution in [0.15, 0.2) is 47.3 Å². The summed E-state index contributed by atoms with van der Waals surface area (Å²) in [6.45, 7) is 4.48. The Labute approximate surface area is 177 Å². The summed E-state index contributed by atoms with van der Waals surface area (Å²) in [6.07, 6.45) is 4.79. The van der Waals surface area contributed by atoms with Gasteiger partial charge in [0, 0.05) is 25.1 Å². The van der Waals surface area contributed by atoms with Crippen molar-refractivity contribution in [1.82, 2.24) is 34.7 Å². The van der Waals surface area contributed by atoms with E-state index in [0.29, 0.717) is 12.4 Å². The highest BCUT2D eigenvalue weighted by atomic mass is 16.3. The van der Waals surface area contributed by atoms with Crippen LogP contribution in [0.25, 0.3) is 0 Å². The number of rotatable bonds is 7. The van der Waals surface area contributed by atoms with Crippen LogP contribution in [-0.2, 0) is 20.3 Å². The first-order chi connectivity index (χ1) is 14.9. The van der Waals surface area contributed by atoms with Crippen molar-refractivity contribution in [3.63, 3.8) is 0 Å². The maximum Gasteiger partial charge on any atom is 0.276 e. The van der Waals surface area contributed by atoms with Gasteiger partial charge in [0.25, 0.3) is 11.8 Å². The number of anilines is 1. The van der Waals surface area contributed by atoms with Gasteiger partial charge >= 0.3 is 0 Å². The molecule has 4 rings (SSSR count). The molecule has 0 spiro atoms. The SMILES string of the molecule is Cc1cc(C)n(Cn2ccc(C(=O)Nc3cn(C)nc3C(=O)NCc3ccco3)n2)n1. The fourth-order valence-electron chi connectivity index (χ4n) is 3.12. The third-order valence-corrected chi connectivity index (χ3v) is 4.55. The van der Waals surface area contributed by atoms with Crippen LogP contribution in [0.3, 0.4) is 0 Å². The second-order valence-electron chi connectivity index (χ2n) is 7.09. The molecule has 31 heavy (non-hydrogen) atoms. The molecule has 0 aromatic carbocycles. The van der Waals surface area contributed by atoms with Gasteiger partial charge in [-0.15, -0.1) is 0 Å². The first-order valence-electron chi connectivity index (χ1n) is 9.59. The van der Waals surface area contributed by atoms with E-state index in [1.54, 1.807) is 47.0 Å². The van der Waals surface area contributed by atoms with Crippen molar-refractivity contribution in [3.8, 4) is 0 Å². The molecule has 0 fully saturated rings. The van der Waals surface area contributed by atoms with Gasteiger partial charge in [-0.2, -0.15) is 15.3 Å². The van der Waals surface area contributed by atoms with Crippen molar-refractivity contribution in [3.05, 3.63) is 71.5 Å². The first-order valence-corrected chi connectivity index (χ1v) is 9.59. The Balaban J connectivity index is 1.43. The quantitative estimate of drug-likeness (QED) is 0.467. The van der Waals surface area contributed by atoms with Gasteiger partial charge in [0.15, 0.2) is 11.4 Å². The first kappa shape index (κ1) is 20.1. The monoisotopic (exact) mass is 422 g/mol. The zero-order valence-corrected chi connectivity index (χ0v) is 17.4. The average molecular weight is 422 g/mol. The van der Waals surface area contributed by atoms with Crippen molar-refractivity contribution in [2.75, 3.05) is 5.32 Å². The Morgan fingerprint density at radius 3 is 2.68 bits per heavy atom. The van der Waals surface area contributed by atoms with Crippen LogP contribution in [0.4, 0.5) is 5.69 Å². The minimum Gasteiger partial charge on any atom is -0.467 e. The molecule has 0 aliphatic rings. The van der Waals surface area contributed by atoms with Gasteiger partial charge in [0.1, 0.15) is 12.4 Å². The van der Waals surface area contributed by atoms with Gasteiger partial charge < -0.3 is 15.1 Å². The van der Waals surface area contributed by atoms with Gasteiger partial charge in [-0.1, -0.05) is 0 Å². The lowest BCUT2D eigenvalue weighted by atomic mass is 10.3. The molecule has 0 aliphatic heterocycles. The summed E-state index contributed by atoms with van der Waals surface area (Å²) in [5.74, 6) is -0.259. The van der Waals surface area contributed by atoms with Crippen LogP contribution in [0.2, 0.25) is 0 Å². The summed E-state index contributed by atoms with van der Waals surface area (Å²) < 4.78 is 10.1. The molecule has 0 bridgehead atoms. The summed E-state index contributed by atoms with van der Waals surface area (Å²) >= 11 is 0. The van der Waals surface area contributed by atoms with E-state index in [1.807, 2.05) is 19.9 Å². The molecule has 0 unspecified atom stereocenters. The molecule has 11 heteroatoms. The van der Waals surface area contributed by atoms with E-state index in [2.05, 4.69) is 25.9 Å². The lowest BCUT2D eigenvalue weighted by molar-refractivity contribution is 0.0943. The van der Waals surface area contributed by atoms with Crippen molar-refractivity contribution < 1.29 is 14.0 Å². The molecule has 4 heterocycles. The van der Waals surface area contributed by atoms with Gasteiger partial charge in [-0.25, -0.2) is 4.68 Å². The van der Waals surface area contributed by atoms with E-state index < -0.39 is 11.8 Å². The number of hydrogen-bond donors (Lipinski definition) is 2. The highest BCUT2D eigenvalue weighted by Crippen LogP contribution is 2.15. The zero-order valence-electron chi connectivity index (χ0n) is 17.4. The smallest absolute Gasteiger partial charge is 0.276 e. The number of nitrogens with one attached hydrogen (secondary N) is 2. The van der Waals surface area contributed by atoms with E-state index in [4.69, 9.17) is 4.42 Å². The van der Waals surface area contributed by atoms with Crippen molar-refractivity contribution >= 4 is 17.5 Å². The Kier molecular flexibility index (Phi) is 5.39. The van der Waals surface area contributed by atoms with E-state index >= 15 is 0 Å². The van der Waals surface area contributed by atoms with Crippen LogP contribution >= 0.6 is 0 Å². The fourth-order valence-corrected chi connectivity index (χ4v) is 3.12. The molecule has 160 valence electrons. The molecule has 0 aliphatic carbocycles. The molecule has 4 aromatic rings. The van der Waals surface area contributed by atoms with Gasteiger partial charge in [-0.3, -0.25) is 19.0 Å². The van der Waals surface area contributed by atoms with Gasteiger partial charge in [-0.05, 0) is 38.1 Å². The number of carbonyl (C=O) groups excluding carboxylic acids is 2. The van der Waals surface area contributed by atoms with Crippen LogP contribution in [0, 0.1) is 13.8 Å². The van der Waals surface area contributed by atoms with Crippen molar-refractivity contribution in [2.45, 2.75) is 27.1 Å². The minimum absolute atomic E-state index is 0.101. The highest BCUT2D eigenvalue weighted by molar-refractivity contribution is 6.07. The lowest BCUT2D eigenvalue weighted by Gasteiger charge is -2.05. The Bertz CT molecular complexity index is 1220. The average Bonchev–Trinajstić information content (AvgIpc) is 3.50. The molecule has 0 saturated heterocycles. The maximum absolute atomic E-state index is 12.7. The second kappa shape index (κ2) is 8.30. The number of carbonyl (C=O) groups is 2. The minimum atomic E-state index is -0.444. The normalized spacial score (nSPS) is 10.9. The van der Waals surface area contributed by atoms with Gasteiger partial charge in [0.05, 0.1) is 24.2 Å². The predicted octanol–water partition coefficient (Wildman–Crippen LogP) is 1.71. The molecule has 0 radical (unpaired) electrons. The highest BCUT2D eigenvalue weighted by Gasteiger charge is 2.20. The number of hydrogen-bond acceptors (Lipinski definition) is 6. The number of furan rings is 1. The topological polar surface area (TPSA) is 125 Å². The fraction of sp³-hybridized carbons (Fsp3) is 0.250. The maximum atomic E-state index is 12.7. The van der Waals surface area contributed by atoms with E-state index in [1.165, 1.54) is 10.9 Å². The Morgan fingerprint density at radius 1 is 1.13 bits per heavy atom. The standard InChI is InChI=1S/C20H22N8O3/c1-13-9-14(2)28(23-13)12-27-7-6-16(24-27)19(29)22-17-11-26(3)25-18(17)20(30)21-10-15-5-4-8-31-15/h4-9,11H,10,12H2,1-3H3,(H,21,30)(H,22,29). The molecule has 11 nitrogen and oxygen atoms in total. The molecule has 2 N–H and O–H groups in total. The summed E-state index contributed by atoms with van der Waals surface area (Å²) in [5, 5.41) is 18.3. The van der Waals surface area contributed by atoms with Gasteiger partial charge in [0.2, 0.25) is 0 Å². The third-order valence-electron chi connectivity index (χ3n) is 4.55. The van der Waals surface area contributed by atoms with Crippen molar-refractivity contribution in [1.29, 1.82) is 0 Å². The Morgan fingerprint density at radius 2 is 1.97 bits per heavy atom. The van der Waals surface area contributed by atoms with E-state index in [0.717, 1.165) is 11.4 Å². The zero-order chi connectivity index (χ0) is 22.0. The molecule has 0 atom stereocenters. The summed E-state index contributed by atoms with van der Waals surface area (Å²) in [4.78, 5) is 25.2. The van der Waals surface area contributed by atoms with Crippen LogP contribution in [-0.4, -0.2) is 41.2 Å². The summed E-state index contributed by atoms with van der Waals surface area (Å²) in [5.41, 5.74) is 2.52. The molecule has 4 aromatic heterocycles. The lowest BCUT2D eigenvalue weighted by Crippen LogP contribution is -2.25. The number of nitrogens with zero attached hydrogens (tertiary/aromatic N) is 6.